The second kappa shape index (κ2) is 10.5. The predicted molar refractivity (Wildman–Crippen MR) is 194 cm³/mol. The van der Waals surface area contributed by atoms with Crippen LogP contribution in [0.25, 0.3) is 99.9 Å². The summed E-state index contributed by atoms with van der Waals surface area (Å²) in [6, 6.07) is 51.7. The largest absolute Gasteiger partial charge is 0.456 e. The van der Waals surface area contributed by atoms with Crippen molar-refractivity contribution in [2.75, 3.05) is 0 Å². The lowest BCUT2D eigenvalue weighted by Gasteiger charge is -2.08. The molecule has 3 aromatic heterocycles. The van der Waals surface area contributed by atoms with Crippen molar-refractivity contribution in [3.05, 3.63) is 152 Å². The lowest BCUT2D eigenvalue weighted by Crippen LogP contribution is -2.00. The number of aromatic nitrogens is 3. The van der Waals surface area contributed by atoms with E-state index in [1.165, 1.54) is 11.1 Å². The van der Waals surface area contributed by atoms with Crippen molar-refractivity contribution in [1.82, 2.24) is 15.0 Å². The van der Waals surface area contributed by atoms with Gasteiger partial charge in [0.25, 0.3) is 0 Å². The molecule has 0 aliphatic heterocycles. The standard InChI is InChI=1S/C43H25N3O2/c1-3-11-26(12-4-1)35-25-36-33-22-20-29(24-39(33)48-40(36)34-17-8-7-15-30(34)35)43-45-41(27-13-5-2-6-14-27)44-42(46-43)28-19-21-32-31-16-9-10-18-37(31)47-38(32)23-28/h1-25H. The van der Waals surface area contributed by atoms with Gasteiger partial charge in [-0.25, -0.2) is 15.0 Å². The molecular formula is C43H25N3O2. The number of hydrogen-bond acceptors (Lipinski definition) is 5. The molecule has 5 nitrogen and oxygen atoms in total. The van der Waals surface area contributed by atoms with E-state index in [1.807, 2.05) is 66.7 Å². The molecule has 0 unspecified atom stereocenters. The average Bonchev–Trinajstić information content (AvgIpc) is 3.72. The maximum atomic E-state index is 6.64. The molecule has 0 aliphatic rings. The third-order valence-corrected chi connectivity index (χ3v) is 9.13. The van der Waals surface area contributed by atoms with Crippen LogP contribution in [0.2, 0.25) is 0 Å². The molecule has 7 aromatic carbocycles. The number of rotatable bonds is 4. The highest BCUT2D eigenvalue weighted by molar-refractivity contribution is 6.19. The van der Waals surface area contributed by atoms with E-state index in [0.717, 1.165) is 71.3 Å². The molecule has 48 heavy (non-hydrogen) atoms. The topological polar surface area (TPSA) is 65.0 Å². The molecule has 0 spiro atoms. The highest BCUT2D eigenvalue weighted by Gasteiger charge is 2.18. The highest BCUT2D eigenvalue weighted by atomic mass is 16.3. The fourth-order valence-corrected chi connectivity index (χ4v) is 6.81. The minimum atomic E-state index is 0.570. The monoisotopic (exact) mass is 615 g/mol. The summed E-state index contributed by atoms with van der Waals surface area (Å²) in [6.45, 7) is 0. The quantitative estimate of drug-likeness (QED) is 0.197. The smallest absolute Gasteiger partial charge is 0.164 e. The molecule has 0 fully saturated rings. The van der Waals surface area contributed by atoms with Crippen molar-refractivity contribution < 1.29 is 8.83 Å². The Morgan fingerprint density at radius 2 is 0.812 bits per heavy atom. The Labute approximate surface area is 274 Å². The normalized spacial score (nSPS) is 11.8. The summed E-state index contributed by atoms with van der Waals surface area (Å²) in [5.74, 6) is 1.74. The number of hydrogen-bond donors (Lipinski definition) is 0. The van der Waals surface area contributed by atoms with Gasteiger partial charge in [-0.3, -0.25) is 0 Å². The number of para-hydroxylation sites is 1. The summed E-state index contributed by atoms with van der Waals surface area (Å²) in [5, 5.41) is 6.51. The minimum absolute atomic E-state index is 0.570. The zero-order valence-electron chi connectivity index (χ0n) is 25.6. The Hall–Kier alpha value is -6.59. The van der Waals surface area contributed by atoms with Crippen LogP contribution >= 0.6 is 0 Å². The van der Waals surface area contributed by atoms with Crippen LogP contribution in [0.4, 0.5) is 0 Å². The third kappa shape index (κ3) is 4.22. The Kier molecular flexibility index (Phi) is 5.81. The van der Waals surface area contributed by atoms with Gasteiger partial charge in [-0.15, -0.1) is 0 Å². The van der Waals surface area contributed by atoms with Crippen LogP contribution in [0.3, 0.4) is 0 Å². The van der Waals surface area contributed by atoms with E-state index in [0.29, 0.717) is 17.5 Å². The Bertz CT molecular complexity index is 2840. The van der Waals surface area contributed by atoms with E-state index >= 15 is 0 Å². The Morgan fingerprint density at radius 3 is 1.50 bits per heavy atom. The van der Waals surface area contributed by atoms with Gasteiger partial charge in [-0.1, -0.05) is 115 Å². The molecule has 0 bridgehead atoms. The van der Waals surface area contributed by atoms with Crippen molar-refractivity contribution in [2.24, 2.45) is 0 Å². The van der Waals surface area contributed by atoms with E-state index in [-0.39, 0.29) is 0 Å². The average molecular weight is 616 g/mol. The van der Waals surface area contributed by atoms with Crippen LogP contribution < -0.4 is 0 Å². The van der Waals surface area contributed by atoms with Crippen molar-refractivity contribution in [2.45, 2.75) is 0 Å². The summed E-state index contributed by atoms with van der Waals surface area (Å²) in [6.07, 6.45) is 0. The molecule has 0 aliphatic carbocycles. The molecular weight excluding hydrogens is 590 g/mol. The predicted octanol–water partition coefficient (Wildman–Crippen LogP) is 11.5. The van der Waals surface area contributed by atoms with Crippen LogP contribution in [-0.2, 0) is 0 Å². The molecule has 224 valence electrons. The zero-order valence-corrected chi connectivity index (χ0v) is 25.6. The fraction of sp³-hybridized carbons (Fsp3) is 0. The number of fused-ring (bicyclic) bond motifs is 8. The van der Waals surface area contributed by atoms with Gasteiger partial charge < -0.3 is 8.83 Å². The number of furan rings is 2. The molecule has 10 aromatic rings. The SMILES string of the molecule is c1ccc(-c2nc(-c3ccc4c(c3)oc3ccccc34)nc(-c3ccc4c(c3)oc3c5ccccc5c(-c5ccccc5)cc43)n2)cc1. The van der Waals surface area contributed by atoms with Crippen LogP contribution in [0.15, 0.2) is 160 Å². The van der Waals surface area contributed by atoms with E-state index in [9.17, 15) is 0 Å². The number of benzene rings is 7. The highest BCUT2D eigenvalue weighted by Crippen LogP contribution is 2.41. The van der Waals surface area contributed by atoms with Gasteiger partial charge in [0.15, 0.2) is 17.5 Å². The lowest BCUT2D eigenvalue weighted by molar-refractivity contribution is 0.669. The molecule has 3 heterocycles. The second-order valence-corrected chi connectivity index (χ2v) is 12.0. The van der Waals surface area contributed by atoms with Gasteiger partial charge in [0.1, 0.15) is 22.3 Å². The summed E-state index contributed by atoms with van der Waals surface area (Å²) in [5.41, 5.74) is 8.28. The van der Waals surface area contributed by atoms with E-state index in [4.69, 9.17) is 23.8 Å². The van der Waals surface area contributed by atoms with Crippen molar-refractivity contribution in [3.63, 3.8) is 0 Å². The molecule has 0 saturated carbocycles. The van der Waals surface area contributed by atoms with Crippen molar-refractivity contribution in [1.29, 1.82) is 0 Å². The van der Waals surface area contributed by atoms with Crippen LogP contribution in [0.5, 0.6) is 0 Å². The molecule has 10 rings (SSSR count). The molecule has 0 N–H and O–H groups in total. The van der Waals surface area contributed by atoms with Crippen LogP contribution in [-0.4, -0.2) is 15.0 Å². The minimum Gasteiger partial charge on any atom is -0.456 e. The Balaban J connectivity index is 1.16. The summed E-state index contributed by atoms with van der Waals surface area (Å²) in [7, 11) is 0. The molecule has 5 heteroatoms. The van der Waals surface area contributed by atoms with Crippen LogP contribution in [0.1, 0.15) is 0 Å². The van der Waals surface area contributed by atoms with Gasteiger partial charge in [-0.2, -0.15) is 0 Å². The summed E-state index contributed by atoms with van der Waals surface area (Å²) >= 11 is 0. The van der Waals surface area contributed by atoms with E-state index in [1.54, 1.807) is 0 Å². The summed E-state index contributed by atoms with van der Waals surface area (Å²) < 4.78 is 12.8. The third-order valence-electron chi connectivity index (χ3n) is 9.13. The van der Waals surface area contributed by atoms with Gasteiger partial charge in [-0.05, 0) is 52.9 Å². The second-order valence-electron chi connectivity index (χ2n) is 12.0. The van der Waals surface area contributed by atoms with Gasteiger partial charge in [0.05, 0.1) is 0 Å². The van der Waals surface area contributed by atoms with Crippen molar-refractivity contribution in [3.8, 4) is 45.3 Å². The first kappa shape index (κ1) is 26.6. The maximum absolute atomic E-state index is 6.64. The molecule has 0 radical (unpaired) electrons. The van der Waals surface area contributed by atoms with Crippen molar-refractivity contribution >= 4 is 54.6 Å². The van der Waals surface area contributed by atoms with Gasteiger partial charge >= 0.3 is 0 Å². The van der Waals surface area contributed by atoms with Gasteiger partial charge in [0, 0.05) is 43.6 Å². The van der Waals surface area contributed by atoms with Crippen LogP contribution in [0, 0.1) is 0 Å². The lowest BCUT2D eigenvalue weighted by atomic mass is 9.95. The zero-order chi connectivity index (χ0) is 31.6. The van der Waals surface area contributed by atoms with E-state index < -0.39 is 0 Å². The first-order valence-electron chi connectivity index (χ1n) is 15.9. The molecule has 0 amide bonds. The summed E-state index contributed by atoms with van der Waals surface area (Å²) in [4.78, 5) is 14.9. The molecule has 0 atom stereocenters. The first-order chi connectivity index (χ1) is 23.8. The first-order valence-corrected chi connectivity index (χ1v) is 15.9. The Morgan fingerprint density at radius 1 is 0.312 bits per heavy atom. The molecule has 0 saturated heterocycles. The maximum Gasteiger partial charge on any atom is 0.164 e. The number of nitrogens with zero attached hydrogens (tertiary/aromatic N) is 3. The van der Waals surface area contributed by atoms with Gasteiger partial charge in [0.2, 0.25) is 0 Å². The fourth-order valence-electron chi connectivity index (χ4n) is 6.81. The van der Waals surface area contributed by atoms with E-state index in [2.05, 4.69) is 84.9 Å².